The molecule has 6 heteroatoms. The standard InChI is InChI=1S/C10H12F3NOS/c1-9(2,3)8(15)14-6-4-5-16-7(6)10(11,12)13/h4-5H,1-3H3,(H,14,15). The molecule has 0 radical (unpaired) electrons. The minimum atomic E-state index is -4.42. The van der Waals surface area contributed by atoms with Crippen molar-refractivity contribution in [2.75, 3.05) is 5.32 Å². The van der Waals surface area contributed by atoms with Gasteiger partial charge < -0.3 is 5.32 Å². The first kappa shape index (κ1) is 13.0. The van der Waals surface area contributed by atoms with Gasteiger partial charge in [-0.05, 0) is 11.4 Å². The molecule has 0 saturated heterocycles. The Hall–Kier alpha value is -1.04. The van der Waals surface area contributed by atoms with Gasteiger partial charge in [-0.15, -0.1) is 11.3 Å². The van der Waals surface area contributed by atoms with Gasteiger partial charge in [0.05, 0.1) is 5.69 Å². The van der Waals surface area contributed by atoms with E-state index in [-0.39, 0.29) is 5.69 Å². The number of alkyl halides is 3. The van der Waals surface area contributed by atoms with Crippen LogP contribution >= 0.6 is 11.3 Å². The zero-order valence-corrected chi connectivity index (χ0v) is 9.92. The van der Waals surface area contributed by atoms with E-state index in [1.807, 2.05) is 0 Å². The molecule has 0 aliphatic rings. The molecular formula is C10H12F3NOS. The van der Waals surface area contributed by atoms with Gasteiger partial charge in [-0.3, -0.25) is 4.79 Å². The lowest BCUT2D eigenvalue weighted by atomic mass is 9.95. The Bertz CT molecular complexity index is 390. The van der Waals surface area contributed by atoms with Crippen molar-refractivity contribution in [2.24, 2.45) is 5.41 Å². The number of hydrogen-bond acceptors (Lipinski definition) is 2. The van der Waals surface area contributed by atoms with Crippen LogP contribution in [0.3, 0.4) is 0 Å². The highest BCUT2D eigenvalue weighted by atomic mass is 32.1. The van der Waals surface area contributed by atoms with E-state index < -0.39 is 22.4 Å². The van der Waals surface area contributed by atoms with Gasteiger partial charge >= 0.3 is 6.18 Å². The molecule has 1 aromatic rings. The summed E-state index contributed by atoms with van der Waals surface area (Å²) in [6.45, 7) is 4.92. The molecule has 1 rings (SSSR count). The van der Waals surface area contributed by atoms with Crippen LogP contribution in [0.5, 0.6) is 0 Å². The normalized spacial score (nSPS) is 12.6. The number of hydrogen-bond donors (Lipinski definition) is 1. The maximum atomic E-state index is 12.5. The largest absolute Gasteiger partial charge is 0.427 e. The Balaban J connectivity index is 2.92. The predicted octanol–water partition coefficient (Wildman–Crippen LogP) is 3.75. The van der Waals surface area contributed by atoms with Crippen LogP contribution < -0.4 is 5.32 Å². The van der Waals surface area contributed by atoms with Crippen LogP contribution in [-0.2, 0) is 11.0 Å². The summed E-state index contributed by atoms with van der Waals surface area (Å²) in [6.07, 6.45) is -4.42. The van der Waals surface area contributed by atoms with E-state index in [1.165, 1.54) is 11.4 Å². The lowest BCUT2D eigenvalue weighted by Crippen LogP contribution is -2.28. The molecule has 0 atom stereocenters. The number of anilines is 1. The molecule has 1 amide bonds. The number of thiophene rings is 1. The summed E-state index contributed by atoms with van der Waals surface area (Å²) in [6, 6.07) is 1.26. The maximum absolute atomic E-state index is 12.5. The number of carbonyl (C=O) groups is 1. The van der Waals surface area contributed by atoms with Gasteiger partial charge in [0.15, 0.2) is 0 Å². The van der Waals surface area contributed by atoms with Gasteiger partial charge in [0.25, 0.3) is 0 Å². The molecule has 0 aromatic carbocycles. The van der Waals surface area contributed by atoms with E-state index in [9.17, 15) is 18.0 Å². The molecule has 1 heterocycles. The minimum Gasteiger partial charge on any atom is -0.324 e. The smallest absolute Gasteiger partial charge is 0.324 e. The van der Waals surface area contributed by atoms with E-state index in [0.717, 1.165) is 0 Å². The van der Waals surface area contributed by atoms with Crippen LogP contribution in [-0.4, -0.2) is 5.91 Å². The Kier molecular flexibility index (Phi) is 3.33. The fraction of sp³-hybridized carbons (Fsp3) is 0.500. The number of carbonyl (C=O) groups excluding carboxylic acids is 1. The molecule has 0 aliphatic carbocycles. The molecular weight excluding hydrogens is 239 g/mol. The van der Waals surface area contributed by atoms with Gasteiger partial charge in [-0.25, -0.2) is 0 Å². The van der Waals surface area contributed by atoms with E-state index in [2.05, 4.69) is 5.32 Å². The second-order valence-corrected chi connectivity index (χ2v) is 5.28. The summed E-state index contributed by atoms with van der Waals surface area (Å²) < 4.78 is 37.5. The first-order chi connectivity index (χ1) is 7.12. The Morgan fingerprint density at radius 1 is 1.31 bits per heavy atom. The Labute approximate surface area is 95.5 Å². The van der Waals surface area contributed by atoms with Crippen molar-refractivity contribution < 1.29 is 18.0 Å². The molecule has 1 N–H and O–H groups in total. The Morgan fingerprint density at radius 2 is 1.88 bits per heavy atom. The maximum Gasteiger partial charge on any atom is 0.427 e. The van der Waals surface area contributed by atoms with Crippen molar-refractivity contribution in [2.45, 2.75) is 26.9 Å². The second kappa shape index (κ2) is 4.08. The highest BCUT2D eigenvalue weighted by Crippen LogP contribution is 2.39. The summed E-state index contributed by atoms with van der Waals surface area (Å²) in [4.78, 5) is 10.8. The van der Waals surface area contributed by atoms with E-state index in [4.69, 9.17) is 0 Å². The summed E-state index contributed by atoms with van der Waals surface area (Å²) in [5, 5.41) is 3.60. The molecule has 0 fully saturated rings. The zero-order chi connectivity index (χ0) is 12.6. The topological polar surface area (TPSA) is 29.1 Å². The molecule has 90 valence electrons. The van der Waals surface area contributed by atoms with Crippen molar-refractivity contribution in [1.29, 1.82) is 0 Å². The predicted molar refractivity (Wildman–Crippen MR) is 57.4 cm³/mol. The first-order valence-electron chi connectivity index (χ1n) is 4.58. The molecule has 0 unspecified atom stereocenters. The molecule has 16 heavy (non-hydrogen) atoms. The van der Waals surface area contributed by atoms with Crippen LogP contribution in [0, 0.1) is 5.41 Å². The Morgan fingerprint density at radius 3 is 2.31 bits per heavy atom. The summed E-state index contributed by atoms with van der Waals surface area (Å²) >= 11 is 0.569. The molecule has 2 nitrogen and oxygen atoms in total. The van der Waals surface area contributed by atoms with Gasteiger partial charge in [0, 0.05) is 5.41 Å². The highest BCUT2D eigenvalue weighted by Gasteiger charge is 2.36. The second-order valence-electron chi connectivity index (χ2n) is 4.37. The molecule has 0 bridgehead atoms. The third kappa shape index (κ3) is 2.98. The van der Waals surface area contributed by atoms with Crippen molar-refractivity contribution in [3.8, 4) is 0 Å². The van der Waals surface area contributed by atoms with Crippen LogP contribution in [0.1, 0.15) is 25.6 Å². The van der Waals surface area contributed by atoms with Gasteiger partial charge in [0.1, 0.15) is 4.88 Å². The van der Waals surface area contributed by atoms with Crippen LogP contribution in [0.2, 0.25) is 0 Å². The molecule has 0 spiro atoms. The average Bonchev–Trinajstić information content (AvgIpc) is 2.49. The monoisotopic (exact) mass is 251 g/mol. The SMILES string of the molecule is CC(C)(C)C(=O)Nc1ccsc1C(F)(F)F. The van der Waals surface area contributed by atoms with Crippen LogP contribution in [0.15, 0.2) is 11.4 Å². The van der Waals surface area contributed by atoms with Gasteiger partial charge in [0.2, 0.25) is 5.91 Å². The summed E-state index contributed by atoms with van der Waals surface area (Å²) in [5.41, 5.74) is -0.887. The number of amides is 1. The zero-order valence-electron chi connectivity index (χ0n) is 9.11. The highest BCUT2D eigenvalue weighted by molar-refractivity contribution is 7.10. The van der Waals surface area contributed by atoms with E-state index >= 15 is 0 Å². The van der Waals surface area contributed by atoms with Crippen LogP contribution in [0.25, 0.3) is 0 Å². The number of halogens is 3. The summed E-state index contributed by atoms with van der Waals surface area (Å²) in [5.74, 6) is -0.434. The van der Waals surface area contributed by atoms with Crippen molar-refractivity contribution in [1.82, 2.24) is 0 Å². The summed E-state index contributed by atoms with van der Waals surface area (Å²) in [7, 11) is 0. The average molecular weight is 251 g/mol. The molecule has 0 saturated carbocycles. The number of nitrogens with one attached hydrogen (secondary N) is 1. The lowest BCUT2D eigenvalue weighted by molar-refractivity contribution is -0.133. The van der Waals surface area contributed by atoms with E-state index in [0.29, 0.717) is 11.3 Å². The third-order valence-corrected chi connectivity index (χ3v) is 2.81. The quantitative estimate of drug-likeness (QED) is 0.809. The molecule has 1 aromatic heterocycles. The van der Waals surface area contributed by atoms with E-state index in [1.54, 1.807) is 20.8 Å². The first-order valence-corrected chi connectivity index (χ1v) is 5.46. The number of rotatable bonds is 1. The molecule has 0 aliphatic heterocycles. The minimum absolute atomic E-state index is 0.169. The fourth-order valence-electron chi connectivity index (χ4n) is 0.937. The van der Waals surface area contributed by atoms with Crippen molar-refractivity contribution in [3.63, 3.8) is 0 Å². The lowest BCUT2D eigenvalue weighted by Gasteiger charge is -2.18. The van der Waals surface area contributed by atoms with Crippen LogP contribution in [0.4, 0.5) is 18.9 Å². The van der Waals surface area contributed by atoms with Gasteiger partial charge in [-0.2, -0.15) is 13.2 Å². The van der Waals surface area contributed by atoms with Gasteiger partial charge in [-0.1, -0.05) is 20.8 Å². The third-order valence-electron chi connectivity index (χ3n) is 1.85. The van der Waals surface area contributed by atoms with Crippen molar-refractivity contribution in [3.05, 3.63) is 16.3 Å². The fourth-order valence-corrected chi connectivity index (χ4v) is 1.66. The van der Waals surface area contributed by atoms with Crippen molar-refractivity contribution >= 4 is 22.9 Å².